The molecule has 2 amide bonds. The van der Waals surface area contributed by atoms with Crippen molar-refractivity contribution in [3.8, 4) is 22.8 Å². The first-order chi connectivity index (χ1) is 17.5. The van der Waals surface area contributed by atoms with Gasteiger partial charge in [0.1, 0.15) is 35.2 Å². The van der Waals surface area contributed by atoms with Crippen LogP contribution in [-0.4, -0.2) is 75.6 Å². The van der Waals surface area contributed by atoms with Crippen LogP contribution < -0.4 is 9.64 Å². The van der Waals surface area contributed by atoms with E-state index in [1.165, 1.54) is 18.2 Å². The Hall–Kier alpha value is -3.69. The lowest BCUT2D eigenvalue weighted by Crippen LogP contribution is -2.61. The van der Waals surface area contributed by atoms with Crippen molar-refractivity contribution in [1.29, 1.82) is 0 Å². The van der Waals surface area contributed by atoms with Crippen molar-refractivity contribution in [3.05, 3.63) is 48.1 Å². The quantitative estimate of drug-likeness (QED) is 0.631. The smallest absolute Gasteiger partial charge is 0.262 e. The first-order valence-electron chi connectivity index (χ1n) is 12.4. The summed E-state index contributed by atoms with van der Waals surface area (Å²) in [6.07, 6.45) is 2.88. The molecule has 0 spiro atoms. The highest BCUT2D eigenvalue weighted by Gasteiger charge is 2.45. The van der Waals surface area contributed by atoms with Crippen LogP contribution in [0.25, 0.3) is 11.3 Å². The standard InChI is InChI=1S/C27H30F2N4O4/c1-5-19(35)31-13-16-14-37-24-21(26(36)32(16)12-15(31)2)25(33-11-7-10-27(33,3)4)30-23(22(24)29)20-17(28)8-6-9-18(20)34/h5-6,8-9,15-16,34H,1,7,10-14H2,2-4H3/t15?,16-/m1/s1. The molecule has 4 heterocycles. The molecule has 3 aliphatic heterocycles. The Labute approximate surface area is 214 Å². The molecule has 1 aromatic carbocycles. The monoisotopic (exact) mass is 512 g/mol. The molecule has 1 aromatic heterocycles. The summed E-state index contributed by atoms with van der Waals surface area (Å²) in [5, 5.41) is 10.4. The van der Waals surface area contributed by atoms with Crippen LogP contribution in [0.2, 0.25) is 0 Å². The summed E-state index contributed by atoms with van der Waals surface area (Å²) >= 11 is 0. The summed E-state index contributed by atoms with van der Waals surface area (Å²) in [6.45, 7) is 10.3. The molecular formula is C27H30F2N4O4. The molecule has 196 valence electrons. The minimum atomic E-state index is -1.02. The molecular weight excluding hydrogens is 482 g/mol. The Bertz CT molecular complexity index is 1280. The average molecular weight is 513 g/mol. The zero-order valence-corrected chi connectivity index (χ0v) is 21.1. The van der Waals surface area contributed by atoms with Crippen molar-refractivity contribution in [2.24, 2.45) is 0 Å². The van der Waals surface area contributed by atoms with Crippen LogP contribution in [0.3, 0.4) is 0 Å². The molecule has 0 radical (unpaired) electrons. The van der Waals surface area contributed by atoms with Gasteiger partial charge in [-0.25, -0.2) is 13.8 Å². The number of aromatic nitrogens is 1. The van der Waals surface area contributed by atoms with Crippen molar-refractivity contribution < 1.29 is 28.2 Å². The van der Waals surface area contributed by atoms with Crippen LogP contribution in [0, 0.1) is 11.6 Å². The zero-order chi connectivity index (χ0) is 26.6. The number of pyridine rings is 1. The molecule has 3 aliphatic rings. The molecule has 1 N–H and O–H groups in total. The van der Waals surface area contributed by atoms with Crippen molar-refractivity contribution >= 4 is 17.6 Å². The fourth-order valence-corrected chi connectivity index (χ4v) is 5.64. The number of amides is 2. The molecule has 0 aliphatic carbocycles. The average Bonchev–Trinajstić information content (AvgIpc) is 3.14. The number of halogens is 2. The van der Waals surface area contributed by atoms with Crippen molar-refractivity contribution in [2.75, 3.05) is 31.1 Å². The van der Waals surface area contributed by atoms with Gasteiger partial charge in [-0.1, -0.05) is 12.6 Å². The first kappa shape index (κ1) is 25.0. The predicted molar refractivity (Wildman–Crippen MR) is 134 cm³/mol. The number of aromatic hydroxyl groups is 1. The highest BCUT2D eigenvalue weighted by atomic mass is 19.1. The van der Waals surface area contributed by atoms with Gasteiger partial charge in [-0.05, 0) is 51.8 Å². The predicted octanol–water partition coefficient (Wildman–Crippen LogP) is 3.73. The number of benzene rings is 1. The highest BCUT2D eigenvalue weighted by molar-refractivity contribution is 6.03. The van der Waals surface area contributed by atoms with Crippen LogP contribution >= 0.6 is 0 Å². The molecule has 1 unspecified atom stereocenters. The Morgan fingerprint density at radius 2 is 2.03 bits per heavy atom. The minimum absolute atomic E-state index is 0.0229. The number of anilines is 1. The van der Waals surface area contributed by atoms with Gasteiger partial charge in [-0.3, -0.25) is 9.59 Å². The van der Waals surface area contributed by atoms with Gasteiger partial charge in [0.2, 0.25) is 5.91 Å². The van der Waals surface area contributed by atoms with Gasteiger partial charge in [-0.2, -0.15) is 0 Å². The first-order valence-corrected chi connectivity index (χ1v) is 12.4. The summed E-state index contributed by atoms with van der Waals surface area (Å²) in [7, 11) is 0. The fraction of sp³-hybridized carbons (Fsp3) is 0.444. The number of phenols is 1. The minimum Gasteiger partial charge on any atom is -0.507 e. The number of hydrogen-bond donors (Lipinski definition) is 1. The lowest BCUT2D eigenvalue weighted by Gasteiger charge is -2.44. The van der Waals surface area contributed by atoms with E-state index in [2.05, 4.69) is 11.6 Å². The van der Waals surface area contributed by atoms with E-state index in [0.29, 0.717) is 6.54 Å². The van der Waals surface area contributed by atoms with Gasteiger partial charge < -0.3 is 24.5 Å². The molecule has 2 atom stereocenters. The number of carbonyl (C=O) groups excluding carboxylic acids is 2. The van der Waals surface area contributed by atoms with E-state index < -0.39 is 46.1 Å². The molecule has 2 aromatic rings. The van der Waals surface area contributed by atoms with E-state index in [-0.39, 0.29) is 48.8 Å². The zero-order valence-electron chi connectivity index (χ0n) is 21.1. The number of piperazine rings is 1. The number of nitrogens with zero attached hydrogens (tertiary/aromatic N) is 4. The number of ether oxygens (including phenoxy) is 1. The molecule has 2 saturated heterocycles. The second kappa shape index (κ2) is 9.00. The van der Waals surface area contributed by atoms with Gasteiger partial charge in [-0.15, -0.1) is 0 Å². The maximum atomic E-state index is 16.1. The van der Waals surface area contributed by atoms with Crippen LogP contribution in [0.5, 0.6) is 11.5 Å². The van der Waals surface area contributed by atoms with Gasteiger partial charge in [0, 0.05) is 31.2 Å². The molecule has 2 fully saturated rings. The number of fused-ring (bicyclic) bond motifs is 2. The lowest BCUT2D eigenvalue weighted by atomic mass is 10.00. The molecule has 0 saturated carbocycles. The summed E-state index contributed by atoms with van der Waals surface area (Å²) in [6, 6.07) is 2.87. The van der Waals surface area contributed by atoms with E-state index in [1.54, 1.807) is 9.80 Å². The summed E-state index contributed by atoms with van der Waals surface area (Å²) < 4.78 is 36.9. The molecule has 10 heteroatoms. The molecule has 37 heavy (non-hydrogen) atoms. The van der Waals surface area contributed by atoms with E-state index in [1.807, 2.05) is 25.7 Å². The third kappa shape index (κ3) is 3.98. The van der Waals surface area contributed by atoms with Crippen molar-refractivity contribution in [3.63, 3.8) is 0 Å². The van der Waals surface area contributed by atoms with Crippen LogP contribution in [0.4, 0.5) is 14.6 Å². The van der Waals surface area contributed by atoms with E-state index in [9.17, 15) is 19.1 Å². The topological polar surface area (TPSA) is 86.2 Å². The maximum Gasteiger partial charge on any atom is 0.262 e. The van der Waals surface area contributed by atoms with Gasteiger partial charge >= 0.3 is 0 Å². The number of phenolic OH excluding ortho intramolecular Hbond substituents is 1. The molecule has 5 rings (SSSR count). The molecule has 0 bridgehead atoms. The third-order valence-corrected chi connectivity index (χ3v) is 7.65. The highest BCUT2D eigenvalue weighted by Crippen LogP contribution is 2.45. The van der Waals surface area contributed by atoms with Gasteiger partial charge in [0.25, 0.3) is 5.91 Å². The Morgan fingerprint density at radius 3 is 2.68 bits per heavy atom. The summed E-state index contributed by atoms with van der Waals surface area (Å²) in [4.78, 5) is 36.1. The summed E-state index contributed by atoms with van der Waals surface area (Å²) in [5.41, 5.74) is -1.24. The number of carbonyl (C=O) groups is 2. The Morgan fingerprint density at radius 1 is 1.27 bits per heavy atom. The van der Waals surface area contributed by atoms with E-state index in [0.717, 1.165) is 18.9 Å². The van der Waals surface area contributed by atoms with E-state index >= 15 is 4.39 Å². The van der Waals surface area contributed by atoms with Crippen LogP contribution in [0.1, 0.15) is 44.0 Å². The largest absolute Gasteiger partial charge is 0.507 e. The number of hydrogen-bond acceptors (Lipinski definition) is 6. The van der Waals surface area contributed by atoms with E-state index in [4.69, 9.17) is 4.74 Å². The Kier molecular flexibility index (Phi) is 6.08. The SMILES string of the molecule is C=CC(=O)N1C[C@@H]2COc3c(F)c(-c4c(O)cccc4F)nc(N4CCCC4(C)C)c3C(=O)N2CC1C. The Balaban J connectivity index is 1.70. The second-order valence-corrected chi connectivity index (χ2v) is 10.5. The van der Waals surface area contributed by atoms with Crippen LogP contribution in [0.15, 0.2) is 30.9 Å². The van der Waals surface area contributed by atoms with Gasteiger partial charge in [0.05, 0.1) is 11.6 Å². The normalized spacial score (nSPS) is 22.7. The maximum absolute atomic E-state index is 16.1. The second-order valence-electron chi connectivity index (χ2n) is 10.5. The van der Waals surface area contributed by atoms with Crippen LogP contribution in [-0.2, 0) is 4.79 Å². The lowest BCUT2D eigenvalue weighted by molar-refractivity contribution is -0.131. The van der Waals surface area contributed by atoms with Gasteiger partial charge in [0.15, 0.2) is 11.6 Å². The molecule has 8 nitrogen and oxygen atoms in total. The fourth-order valence-electron chi connectivity index (χ4n) is 5.64. The van der Waals surface area contributed by atoms with Crippen molar-refractivity contribution in [1.82, 2.24) is 14.8 Å². The summed E-state index contributed by atoms with van der Waals surface area (Å²) in [5.74, 6) is -3.17. The third-order valence-electron chi connectivity index (χ3n) is 7.65. The number of rotatable bonds is 3. The van der Waals surface area contributed by atoms with Crippen molar-refractivity contribution in [2.45, 2.75) is 51.2 Å².